The van der Waals surface area contributed by atoms with Crippen molar-refractivity contribution < 1.29 is 14.3 Å². The minimum absolute atomic E-state index is 0.265. The number of benzene rings is 1. The molecule has 1 aliphatic carbocycles. The van der Waals surface area contributed by atoms with Gasteiger partial charge < -0.3 is 14.8 Å². The number of nitrogens with one attached hydrogen (secondary N) is 1. The third-order valence-corrected chi connectivity index (χ3v) is 3.75. The zero-order chi connectivity index (χ0) is 14.4. The number of rotatable bonds is 5. The lowest BCUT2D eigenvalue weighted by atomic mass is 9.93. The monoisotopic (exact) mass is 277 g/mol. The topological polar surface area (TPSA) is 47.6 Å². The summed E-state index contributed by atoms with van der Waals surface area (Å²) in [7, 11) is 1.78. The normalized spacial score (nSPS) is 22.3. The molecule has 1 aromatic carbocycles. The number of methoxy groups -OCH3 is 1. The zero-order valence-electron chi connectivity index (χ0n) is 12.2. The minimum atomic E-state index is -0.265. The molecular formula is C16H23NO3. The summed E-state index contributed by atoms with van der Waals surface area (Å²) in [6.45, 7) is 2.21. The second-order valence-electron chi connectivity index (χ2n) is 5.15. The maximum absolute atomic E-state index is 11.7. The van der Waals surface area contributed by atoms with Gasteiger partial charge in [-0.1, -0.05) is 6.07 Å². The Hall–Kier alpha value is -1.55. The van der Waals surface area contributed by atoms with Gasteiger partial charge in [-0.05, 0) is 50.8 Å². The SMILES string of the molecule is CCOC(=O)c1cccc(NC2CCC(OC)CC2)c1. The summed E-state index contributed by atoms with van der Waals surface area (Å²) in [5.41, 5.74) is 1.58. The summed E-state index contributed by atoms with van der Waals surface area (Å²) in [6, 6.07) is 7.98. The van der Waals surface area contributed by atoms with E-state index >= 15 is 0 Å². The van der Waals surface area contributed by atoms with Gasteiger partial charge >= 0.3 is 5.97 Å². The Kier molecular flexibility index (Phi) is 5.41. The number of esters is 1. The second-order valence-corrected chi connectivity index (χ2v) is 5.15. The molecule has 4 nitrogen and oxygen atoms in total. The summed E-state index contributed by atoms with van der Waals surface area (Å²) in [5, 5.41) is 3.50. The summed E-state index contributed by atoms with van der Waals surface area (Å²) in [6.07, 6.45) is 4.78. The van der Waals surface area contributed by atoms with Crippen molar-refractivity contribution in [3.05, 3.63) is 29.8 Å². The predicted octanol–water partition coefficient (Wildman–Crippen LogP) is 3.23. The fraction of sp³-hybridized carbons (Fsp3) is 0.562. The van der Waals surface area contributed by atoms with E-state index in [9.17, 15) is 4.79 Å². The van der Waals surface area contributed by atoms with Gasteiger partial charge in [-0.25, -0.2) is 4.79 Å². The van der Waals surface area contributed by atoms with Crippen LogP contribution in [-0.2, 0) is 9.47 Å². The van der Waals surface area contributed by atoms with E-state index in [1.807, 2.05) is 25.1 Å². The minimum Gasteiger partial charge on any atom is -0.462 e. The maximum Gasteiger partial charge on any atom is 0.338 e. The first-order valence-electron chi connectivity index (χ1n) is 7.29. The van der Waals surface area contributed by atoms with E-state index in [0.29, 0.717) is 24.3 Å². The Balaban J connectivity index is 1.93. The van der Waals surface area contributed by atoms with Gasteiger partial charge in [-0.15, -0.1) is 0 Å². The van der Waals surface area contributed by atoms with E-state index < -0.39 is 0 Å². The predicted molar refractivity (Wildman–Crippen MR) is 79.1 cm³/mol. The highest BCUT2D eigenvalue weighted by atomic mass is 16.5. The fourth-order valence-corrected chi connectivity index (χ4v) is 2.63. The van der Waals surface area contributed by atoms with Crippen LogP contribution in [0.15, 0.2) is 24.3 Å². The highest BCUT2D eigenvalue weighted by Crippen LogP contribution is 2.24. The Morgan fingerprint density at radius 2 is 2.05 bits per heavy atom. The lowest BCUT2D eigenvalue weighted by Crippen LogP contribution is -2.29. The van der Waals surface area contributed by atoms with Crippen LogP contribution in [0.4, 0.5) is 5.69 Å². The van der Waals surface area contributed by atoms with Crippen molar-refractivity contribution in [2.24, 2.45) is 0 Å². The van der Waals surface area contributed by atoms with Crippen LogP contribution >= 0.6 is 0 Å². The van der Waals surface area contributed by atoms with Gasteiger partial charge in [0, 0.05) is 18.8 Å². The Morgan fingerprint density at radius 3 is 2.70 bits per heavy atom. The molecule has 0 radical (unpaired) electrons. The number of anilines is 1. The molecule has 110 valence electrons. The lowest BCUT2D eigenvalue weighted by molar-refractivity contribution is 0.0526. The van der Waals surface area contributed by atoms with Crippen LogP contribution in [0.3, 0.4) is 0 Å². The quantitative estimate of drug-likeness (QED) is 0.839. The molecule has 0 atom stereocenters. The fourth-order valence-electron chi connectivity index (χ4n) is 2.63. The highest BCUT2D eigenvalue weighted by molar-refractivity contribution is 5.90. The molecule has 0 spiro atoms. The largest absolute Gasteiger partial charge is 0.462 e. The van der Waals surface area contributed by atoms with Gasteiger partial charge in [0.25, 0.3) is 0 Å². The van der Waals surface area contributed by atoms with Crippen LogP contribution in [0.2, 0.25) is 0 Å². The standard InChI is InChI=1S/C16H23NO3/c1-3-20-16(18)12-5-4-6-14(11-12)17-13-7-9-15(19-2)10-8-13/h4-6,11,13,15,17H,3,7-10H2,1-2H3. The van der Waals surface area contributed by atoms with Crippen molar-refractivity contribution in [3.63, 3.8) is 0 Å². The molecule has 20 heavy (non-hydrogen) atoms. The summed E-state index contributed by atoms with van der Waals surface area (Å²) >= 11 is 0. The molecule has 0 aliphatic heterocycles. The number of carbonyl (C=O) groups excluding carboxylic acids is 1. The van der Waals surface area contributed by atoms with Crippen LogP contribution in [0.5, 0.6) is 0 Å². The highest BCUT2D eigenvalue weighted by Gasteiger charge is 2.20. The van der Waals surface area contributed by atoms with Crippen LogP contribution in [0.25, 0.3) is 0 Å². The van der Waals surface area contributed by atoms with E-state index in [4.69, 9.17) is 9.47 Å². The smallest absolute Gasteiger partial charge is 0.338 e. The number of ether oxygens (including phenoxy) is 2. The molecule has 1 aliphatic rings. The van der Waals surface area contributed by atoms with E-state index in [-0.39, 0.29) is 5.97 Å². The molecule has 4 heteroatoms. The molecule has 0 aromatic heterocycles. The Morgan fingerprint density at radius 1 is 1.30 bits per heavy atom. The van der Waals surface area contributed by atoms with Crippen molar-refractivity contribution >= 4 is 11.7 Å². The molecule has 1 saturated carbocycles. The first kappa shape index (κ1) is 14.9. The summed E-state index contributed by atoms with van der Waals surface area (Å²) in [5.74, 6) is -0.265. The van der Waals surface area contributed by atoms with Crippen molar-refractivity contribution in [1.82, 2.24) is 0 Å². The summed E-state index contributed by atoms with van der Waals surface area (Å²) in [4.78, 5) is 11.7. The van der Waals surface area contributed by atoms with Crippen molar-refractivity contribution in [3.8, 4) is 0 Å². The second kappa shape index (κ2) is 7.29. The Labute approximate surface area is 120 Å². The van der Waals surface area contributed by atoms with Crippen LogP contribution < -0.4 is 5.32 Å². The molecule has 0 saturated heterocycles. The van der Waals surface area contributed by atoms with Gasteiger partial charge in [0.15, 0.2) is 0 Å². The number of carbonyl (C=O) groups is 1. The van der Waals surface area contributed by atoms with Crippen molar-refractivity contribution in [2.75, 3.05) is 19.0 Å². The first-order chi connectivity index (χ1) is 9.72. The van der Waals surface area contributed by atoms with Crippen molar-refractivity contribution in [2.45, 2.75) is 44.8 Å². The van der Waals surface area contributed by atoms with Gasteiger partial charge in [0.1, 0.15) is 0 Å². The van der Waals surface area contributed by atoms with E-state index in [2.05, 4.69) is 5.32 Å². The molecule has 1 fully saturated rings. The zero-order valence-corrected chi connectivity index (χ0v) is 12.2. The first-order valence-corrected chi connectivity index (χ1v) is 7.29. The Bertz CT molecular complexity index is 439. The van der Waals surface area contributed by atoms with Gasteiger partial charge in [0.2, 0.25) is 0 Å². The third-order valence-electron chi connectivity index (χ3n) is 3.75. The molecule has 0 bridgehead atoms. The van der Waals surface area contributed by atoms with Gasteiger partial charge in [0.05, 0.1) is 18.3 Å². The molecule has 2 rings (SSSR count). The van der Waals surface area contributed by atoms with Crippen LogP contribution in [-0.4, -0.2) is 31.8 Å². The molecule has 0 heterocycles. The molecule has 1 N–H and O–H groups in total. The molecule has 1 aromatic rings. The summed E-state index contributed by atoms with van der Waals surface area (Å²) < 4.78 is 10.4. The molecule has 0 amide bonds. The van der Waals surface area contributed by atoms with Crippen LogP contribution in [0, 0.1) is 0 Å². The van der Waals surface area contributed by atoms with E-state index in [1.165, 1.54) is 0 Å². The third kappa shape index (κ3) is 3.97. The van der Waals surface area contributed by atoms with E-state index in [0.717, 1.165) is 31.4 Å². The lowest BCUT2D eigenvalue weighted by Gasteiger charge is -2.29. The number of hydrogen-bond acceptors (Lipinski definition) is 4. The van der Waals surface area contributed by atoms with Crippen LogP contribution in [0.1, 0.15) is 43.0 Å². The molecular weight excluding hydrogens is 254 g/mol. The number of hydrogen-bond donors (Lipinski definition) is 1. The molecule has 0 unspecified atom stereocenters. The average Bonchev–Trinajstić information content (AvgIpc) is 2.48. The maximum atomic E-state index is 11.7. The average molecular weight is 277 g/mol. The van der Waals surface area contributed by atoms with Gasteiger partial charge in [-0.2, -0.15) is 0 Å². The van der Waals surface area contributed by atoms with Gasteiger partial charge in [-0.3, -0.25) is 0 Å². The van der Waals surface area contributed by atoms with E-state index in [1.54, 1.807) is 13.2 Å². The van der Waals surface area contributed by atoms with Crippen molar-refractivity contribution in [1.29, 1.82) is 0 Å².